The third-order valence-corrected chi connectivity index (χ3v) is 9.81. The van der Waals surface area contributed by atoms with Gasteiger partial charge in [-0.3, -0.25) is 0 Å². The first kappa shape index (κ1) is 25.7. The Morgan fingerprint density at radius 2 is 1.86 bits per heavy atom. The number of nitrogens with zero attached hydrogens (tertiary/aromatic N) is 2. The lowest BCUT2D eigenvalue weighted by atomic mass is 9.60. The molecule has 5 nitrogen and oxygen atoms in total. The number of hydrogen-bond donors (Lipinski definition) is 3. The Morgan fingerprint density at radius 3 is 2.61 bits per heavy atom. The van der Waals surface area contributed by atoms with Gasteiger partial charge in [0.05, 0.1) is 23.2 Å². The van der Waals surface area contributed by atoms with Crippen LogP contribution >= 0.6 is 0 Å². The molecule has 1 heterocycles. The minimum absolute atomic E-state index is 0.316. The topological polar surface area (TPSA) is 78.5 Å². The lowest BCUT2D eigenvalue weighted by molar-refractivity contribution is 0.0609. The van der Waals surface area contributed by atoms with Crippen LogP contribution < -0.4 is 0 Å². The minimum atomic E-state index is -0.538. The first-order valence-corrected chi connectivity index (χ1v) is 14.1. The quantitative estimate of drug-likeness (QED) is 0.462. The molecular weight excluding hydrogens is 448 g/mol. The van der Waals surface area contributed by atoms with Crippen molar-refractivity contribution in [2.75, 3.05) is 0 Å². The predicted molar refractivity (Wildman–Crippen MR) is 144 cm³/mol. The van der Waals surface area contributed by atoms with Gasteiger partial charge >= 0.3 is 0 Å². The number of allylic oxidation sites excluding steroid dienone is 3. The van der Waals surface area contributed by atoms with E-state index in [0.717, 1.165) is 29.7 Å². The highest BCUT2D eigenvalue weighted by Gasteiger charge is 2.50. The van der Waals surface area contributed by atoms with Crippen LogP contribution in [0.3, 0.4) is 0 Å². The van der Waals surface area contributed by atoms with E-state index in [1.54, 1.807) is 5.57 Å². The Bertz CT molecular complexity index is 1120. The van der Waals surface area contributed by atoms with Gasteiger partial charge in [0.25, 0.3) is 0 Å². The normalized spacial score (nSPS) is 33.6. The maximum atomic E-state index is 11.0. The standard InChI is InChI=1S/C31H44N2O3/c1-20(10-15-29(36)30-32-27-8-4-5-9-28(27)33(30)3)25-13-14-26-22(7-6-16-31(25,26)2)12-11-21-17-23(34)19-24(35)18-21/h4-5,8-9,11-12,20,23-26,29,34-36H,6-7,10,13-19H2,1-3H3/t20-,23-,24-,25-,26-,29+,31-/m1/s1. The molecule has 1 aromatic carbocycles. The fourth-order valence-electron chi connectivity index (χ4n) is 7.96. The van der Waals surface area contributed by atoms with E-state index >= 15 is 0 Å². The number of aliphatic hydroxyl groups excluding tert-OH is 3. The summed E-state index contributed by atoms with van der Waals surface area (Å²) in [6.45, 7) is 4.91. The van der Waals surface area contributed by atoms with Crippen molar-refractivity contribution < 1.29 is 15.3 Å². The molecule has 0 bridgehead atoms. The van der Waals surface area contributed by atoms with Gasteiger partial charge in [0, 0.05) is 7.05 Å². The van der Waals surface area contributed by atoms with E-state index in [4.69, 9.17) is 4.98 Å². The summed E-state index contributed by atoms with van der Waals surface area (Å²) in [7, 11) is 2.00. The van der Waals surface area contributed by atoms with Gasteiger partial charge in [-0.1, -0.05) is 49.3 Å². The molecule has 36 heavy (non-hydrogen) atoms. The van der Waals surface area contributed by atoms with Gasteiger partial charge < -0.3 is 19.9 Å². The molecule has 3 saturated carbocycles. The van der Waals surface area contributed by atoms with Crippen molar-refractivity contribution in [1.29, 1.82) is 0 Å². The minimum Gasteiger partial charge on any atom is -0.393 e. The molecule has 5 rings (SSSR count). The molecule has 3 aliphatic rings. The number of hydrogen-bond acceptors (Lipinski definition) is 4. The fraction of sp³-hybridized carbons (Fsp3) is 0.645. The summed E-state index contributed by atoms with van der Waals surface area (Å²) in [5.41, 5.74) is 5.08. The van der Waals surface area contributed by atoms with E-state index in [1.807, 2.05) is 29.8 Å². The summed E-state index contributed by atoms with van der Waals surface area (Å²) in [6, 6.07) is 8.08. The molecule has 0 unspecified atom stereocenters. The summed E-state index contributed by atoms with van der Waals surface area (Å²) in [5.74, 6) is 2.63. The highest BCUT2D eigenvalue weighted by atomic mass is 16.3. The summed E-state index contributed by atoms with van der Waals surface area (Å²) >= 11 is 0. The average Bonchev–Trinajstić information content (AvgIpc) is 3.38. The van der Waals surface area contributed by atoms with Crippen LogP contribution in [0.1, 0.15) is 90.0 Å². The maximum Gasteiger partial charge on any atom is 0.138 e. The molecule has 0 spiro atoms. The van der Waals surface area contributed by atoms with Crippen molar-refractivity contribution in [3.63, 3.8) is 0 Å². The van der Waals surface area contributed by atoms with Gasteiger partial charge in [0.1, 0.15) is 11.9 Å². The van der Waals surface area contributed by atoms with Crippen molar-refractivity contribution >= 4 is 11.0 Å². The number of imidazole rings is 1. The summed E-state index contributed by atoms with van der Waals surface area (Å²) in [6.07, 6.45) is 13.0. The van der Waals surface area contributed by atoms with Gasteiger partial charge in [-0.15, -0.1) is 0 Å². The number of benzene rings is 1. The Labute approximate surface area is 215 Å². The largest absolute Gasteiger partial charge is 0.393 e. The third kappa shape index (κ3) is 4.94. The van der Waals surface area contributed by atoms with E-state index in [9.17, 15) is 15.3 Å². The number of para-hydroxylation sites is 2. The molecule has 1 aromatic heterocycles. The third-order valence-electron chi connectivity index (χ3n) is 9.81. The zero-order valence-corrected chi connectivity index (χ0v) is 22.2. The number of aliphatic hydroxyl groups is 3. The molecule has 0 saturated heterocycles. The Kier molecular flexibility index (Phi) is 7.44. The Balaban J connectivity index is 1.24. The second-order valence-corrected chi connectivity index (χ2v) is 12.2. The van der Waals surface area contributed by atoms with Crippen LogP contribution in [0.15, 0.2) is 47.6 Å². The molecule has 0 amide bonds. The van der Waals surface area contributed by atoms with Crippen molar-refractivity contribution in [2.24, 2.45) is 30.2 Å². The predicted octanol–water partition coefficient (Wildman–Crippen LogP) is 6.00. The summed E-state index contributed by atoms with van der Waals surface area (Å²) in [5, 5.41) is 31.1. The highest BCUT2D eigenvalue weighted by Crippen LogP contribution is 2.60. The zero-order valence-electron chi connectivity index (χ0n) is 22.2. The van der Waals surface area contributed by atoms with Crippen LogP contribution in [0.4, 0.5) is 0 Å². The lowest BCUT2D eigenvalue weighted by Crippen LogP contribution is -2.36. The fourth-order valence-corrected chi connectivity index (χ4v) is 7.96. The Morgan fingerprint density at radius 1 is 1.11 bits per heavy atom. The van der Waals surface area contributed by atoms with Crippen LogP contribution in [0.25, 0.3) is 11.0 Å². The molecule has 7 atom stereocenters. The first-order chi connectivity index (χ1) is 17.3. The van der Waals surface area contributed by atoms with Gasteiger partial charge in [0.2, 0.25) is 0 Å². The van der Waals surface area contributed by atoms with Crippen molar-refractivity contribution in [1.82, 2.24) is 9.55 Å². The number of aryl methyl sites for hydroxylation is 1. The number of aromatic nitrogens is 2. The van der Waals surface area contributed by atoms with Crippen LogP contribution in [-0.2, 0) is 7.05 Å². The van der Waals surface area contributed by atoms with Crippen molar-refractivity contribution in [3.05, 3.63) is 53.4 Å². The van der Waals surface area contributed by atoms with E-state index in [0.29, 0.717) is 42.4 Å². The molecular formula is C31H44N2O3. The molecule has 3 N–H and O–H groups in total. The van der Waals surface area contributed by atoms with Gasteiger partial charge in [-0.25, -0.2) is 4.98 Å². The molecule has 3 fully saturated rings. The van der Waals surface area contributed by atoms with E-state index < -0.39 is 18.3 Å². The lowest BCUT2D eigenvalue weighted by Gasteiger charge is -2.44. The second kappa shape index (κ2) is 10.4. The van der Waals surface area contributed by atoms with Crippen molar-refractivity contribution in [3.8, 4) is 0 Å². The number of rotatable bonds is 6. The van der Waals surface area contributed by atoms with Crippen molar-refractivity contribution in [2.45, 2.75) is 96.4 Å². The summed E-state index contributed by atoms with van der Waals surface area (Å²) in [4.78, 5) is 4.71. The molecule has 3 aliphatic carbocycles. The molecule has 2 aromatic rings. The molecule has 196 valence electrons. The SMILES string of the molecule is C[C@H](CC[C@H](O)c1nc2ccccc2n1C)[C@H]1CC[C@@H]2C(=CC=C3C[C@@H](O)C[C@H](O)C3)CCC[C@@]21C. The second-order valence-electron chi connectivity index (χ2n) is 12.2. The van der Waals surface area contributed by atoms with Crippen LogP contribution in [0.5, 0.6) is 0 Å². The monoisotopic (exact) mass is 492 g/mol. The average molecular weight is 493 g/mol. The first-order valence-electron chi connectivity index (χ1n) is 14.1. The van der Waals surface area contributed by atoms with Crippen LogP contribution in [0.2, 0.25) is 0 Å². The molecule has 0 aliphatic heterocycles. The molecule has 0 radical (unpaired) electrons. The number of fused-ring (bicyclic) bond motifs is 2. The van der Waals surface area contributed by atoms with E-state index in [-0.39, 0.29) is 0 Å². The summed E-state index contributed by atoms with van der Waals surface area (Å²) < 4.78 is 2.04. The van der Waals surface area contributed by atoms with Crippen LogP contribution in [0, 0.1) is 23.2 Å². The smallest absolute Gasteiger partial charge is 0.138 e. The van der Waals surface area contributed by atoms with Gasteiger partial charge in [-0.2, -0.15) is 0 Å². The Hall–Kier alpha value is -1.95. The maximum absolute atomic E-state index is 11.0. The van der Waals surface area contributed by atoms with Gasteiger partial charge in [0.15, 0.2) is 0 Å². The highest BCUT2D eigenvalue weighted by molar-refractivity contribution is 5.75. The van der Waals surface area contributed by atoms with E-state index in [1.165, 1.54) is 37.7 Å². The molecule has 5 heteroatoms. The van der Waals surface area contributed by atoms with Crippen LogP contribution in [-0.4, -0.2) is 37.1 Å². The zero-order chi connectivity index (χ0) is 25.4. The van der Waals surface area contributed by atoms with Gasteiger partial charge in [-0.05, 0) is 99.5 Å². The van der Waals surface area contributed by atoms with E-state index in [2.05, 4.69) is 32.1 Å².